The predicted octanol–water partition coefficient (Wildman–Crippen LogP) is 4.69. The molecule has 0 radical (unpaired) electrons. The number of hydrogen-bond donors (Lipinski definition) is 1. The van der Waals surface area contributed by atoms with Crippen molar-refractivity contribution in [2.75, 3.05) is 5.32 Å². The van der Waals surface area contributed by atoms with Crippen molar-refractivity contribution >= 4 is 22.2 Å². The Labute approximate surface area is 150 Å². The summed E-state index contributed by atoms with van der Waals surface area (Å²) in [4.78, 5) is 12.4. The van der Waals surface area contributed by atoms with Crippen LogP contribution in [0.4, 0.5) is 5.00 Å². The maximum Gasteiger partial charge on any atom is 0.265 e. The average Bonchev–Trinajstić information content (AvgIpc) is 3.05. The Hall–Kier alpha value is -3.10. The molecule has 0 spiro atoms. The van der Waals surface area contributed by atoms with Crippen LogP contribution in [0.3, 0.4) is 0 Å². The molecule has 124 valence electrons. The van der Waals surface area contributed by atoms with Gasteiger partial charge in [0.25, 0.3) is 5.91 Å². The van der Waals surface area contributed by atoms with Gasteiger partial charge in [-0.05, 0) is 24.6 Å². The highest BCUT2D eigenvalue weighted by Crippen LogP contribution is 2.35. The summed E-state index contributed by atoms with van der Waals surface area (Å²) in [6.07, 6.45) is -0.670. The summed E-state index contributed by atoms with van der Waals surface area (Å²) in [5.74, 6) is 0.337. The fourth-order valence-electron chi connectivity index (χ4n) is 2.36. The zero-order valence-electron chi connectivity index (χ0n) is 13.6. The first kappa shape index (κ1) is 16.7. The smallest absolute Gasteiger partial charge is 0.265 e. The number of benzene rings is 2. The van der Waals surface area contributed by atoms with Crippen molar-refractivity contribution in [3.8, 4) is 22.9 Å². The molecule has 1 amide bonds. The number of nitriles is 1. The Balaban J connectivity index is 1.76. The summed E-state index contributed by atoms with van der Waals surface area (Å²) in [5.41, 5.74) is 2.24. The van der Waals surface area contributed by atoms with E-state index in [1.165, 1.54) is 11.3 Å². The van der Waals surface area contributed by atoms with Gasteiger partial charge in [-0.1, -0.05) is 48.5 Å². The Bertz CT molecular complexity index is 898. The van der Waals surface area contributed by atoms with Crippen molar-refractivity contribution in [1.29, 1.82) is 5.26 Å². The van der Waals surface area contributed by atoms with Crippen LogP contribution < -0.4 is 10.1 Å². The van der Waals surface area contributed by atoms with E-state index in [4.69, 9.17) is 4.74 Å². The van der Waals surface area contributed by atoms with Crippen molar-refractivity contribution < 1.29 is 9.53 Å². The van der Waals surface area contributed by atoms with Crippen LogP contribution in [0, 0.1) is 11.3 Å². The lowest BCUT2D eigenvalue weighted by molar-refractivity contribution is -0.122. The van der Waals surface area contributed by atoms with Crippen molar-refractivity contribution in [1.82, 2.24) is 0 Å². The van der Waals surface area contributed by atoms with Crippen LogP contribution in [-0.4, -0.2) is 12.0 Å². The summed E-state index contributed by atoms with van der Waals surface area (Å²) in [7, 11) is 0. The number of rotatable bonds is 5. The number of nitrogens with one attached hydrogen (secondary N) is 1. The van der Waals surface area contributed by atoms with Crippen molar-refractivity contribution in [2.45, 2.75) is 13.0 Å². The maximum atomic E-state index is 12.4. The number of thiophene rings is 1. The monoisotopic (exact) mass is 348 g/mol. The van der Waals surface area contributed by atoms with Gasteiger partial charge < -0.3 is 10.1 Å². The number of hydrogen-bond acceptors (Lipinski definition) is 4. The first-order chi connectivity index (χ1) is 12.2. The highest BCUT2D eigenvalue weighted by Gasteiger charge is 2.19. The zero-order valence-corrected chi connectivity index (χ0v) is 14.4. The molecule has 0 aliphatic rings. The number of carbonyl (C=O) groups is 1. The van der Waals surface area contributed by atoms with Gasteiger partial charge in [0.05, 0.1) is 5.56 Å². The van der Waals surface area contributed by atoms with E-state index < -0.39 is 6.10 Å². The van der Waals surface area contributed by atoms with E-state index in [1.807, 2.05) is 53.9 Å². The van der Waals surface area contributed by atoms with Gasteiger partial charge >= 0.3 is 0 Å². The molecule has 0 aliphatic carbocycles. The number of amides is 1. The molecule has 3 rings (SSSR count). The van der Waals surface area contributed by atoms with Gasteiger partial charge in [-0.3, -0.25) is 4.79 Å². The van der Waals surface area contributed by atoms with E-state index in [1.54, 1.807) is 19.1 Å². The van der Waals surface area contributed by atoms with E-state index in [-0.39, 0.29) is 5.91 Å². The van der Waals surface area contributed by atoms with E-state index in [0.717, 1.165) is 11.1 Å². The molecular weight excluding hydrogens is 332 g/mol. The standard InChI is InChI=1S/C20H16N2O2S/c1-14(24-16-10-6-3-7-11-16)19(23)22-20-17(12-21)18(13-25-20)15-8-4-2-5-9-15/h2-11,13-14H,1H3,(H,22,23). The lowest BCUT2D eigenvalue weighted by Gasteiger charge is -2.14. The van der Waals surface area contributed by atoms with Crippen molar-refractivity contribution in [3.63, 3.8) is 0 Å². The molecule has 1 aromatic heterocycles. The molecule has 1 N–H and O–H groups in total. The maximum absolute atomic E-state index is 12.4. The molecule has 2 aromatic carbocycles. The predicted molar refractivity (Wildman–Crippen MR) is 99.6 cm³/mol. The van der Waals surface area contributed by atoms with E-state index in [0.29, 0.717) is 16.3 Å². The summed E-state index contributed by atoms with van der Waals surface area (Å²) in [5, 5.41) is 14.7. The molecule has 1 heterocycles. The van der Waals surface area contributed by atoms with Gasteiger partial charge in [0.1, 0.15) is 16.8 Å². The Morgan fingerprint density at radius 3 is 2.40 bits per heavy atom. The summed E-state index contributed by atoms with van der Waals surface area (Å²) >= 11 is 1.34. The van der Waals surface area contributed by atoms with Crippen molar-refractivity contribution in [3.05, 3.63) is 71.6 Å². The fourth-order valence-corrected chi connectivity index (χ4v) is 3.28. The number of anilines is 1. The second-order valence-electron chi connectivity index (χ2n) is 5.39. The first-order valence-electron chi connectivity index (χ1n) is 7.78. The molecule has 0 saturated heterocycles. The topological polar surface area (TPSA) is 62.1 Å². The van der Waals surface area contributed by atoms with Gasteiger partial charge in [-0.25, -0.2) is 0 Å². The molecule has 0 bridgehead atoms. The fraction of sp³-hybridized carbons (Fsp3) is 0.100. The molecule has 0 saturated carbocycles. The Morgan fingerprint density at radius 2 is 1.76 bits per heavy atom. The third-order valence-corrected chi connectivity index (χ3v) is 4.55. The largest absolute Gasteiger partial charge is 0.481 e. The van der Waals surface area contributed by atoms with Crippen LogP contribution >= 0.6 is 11.3 Å². The molecule has 4 nitrogen and oxygen atoms in total. The molecule has 0 fully saturated rings. The minimum absolute atomic E-state index is 0.290. The third-order valence-electron chi connectivity index (χ3n) is 3.65. The average molecular weight is 348 g/mol. The van der Waals surface area contributed by atoms with Gasteiger partial charge in [-0.15, -0.1) is 11.3 Å². The van der Waals surface area contributed by atoms with Crippen LogP contribution in [0.2, 0.25) is 0 Å². The molecule has 0 aliphatic heterocycles. The first-order valence-corrected chi connectivity index (χ1v) is 8.66. The number of ether oxygens (including phenoxy) is 1. The summed E-state index contributed by atoms with van der Waals surface area (Å²) < 4.78 is 5.62. The second kappa shape index (κ2) is 7.65. The molecule has 3 aromatic rings. The molecule has 25 heavy (non-hydrogen) atoms. The summed E-state index contributed by atoms with van der Waals surface area (Å²) in [6.45, 7) is 1.68. The second-order valence-corrected chi connectivity index (χ2v) is 6.27. The molecular formula is C20H16N2O2S. The highest BCUT2D eigenvalue weighted by molar-refractivity contribution is 7.15. The van der Waals surface area contributed by atoms with Crippen LogP contribution in [-0.2, 0) is 4.79 Å². The van der Waals surface area contributed by atoms with Crippen LogP contribution in [0.25, 0.3) is 11.1 Å². The third kappa shape index (κ3) is 3.87. The van der Waals surface area contributed by atoms with Crippen LogP contribution in [0.5, 0.6) is 5.75 Å². The Morgan fingerprint density at radius 1 is 1.12 bits per heavy atom. The number of nitrogens with zero attached hydrogens (tertiary/aromatic N) is 1. The Kier molecular flexibility index (Phi) is 5.12. The number of carbonyl (C=O) groups excluding carboxylic acids is 1. The van der Waals surface area contributed by atoms with Gasteiger partial charge in [-0.2, -0.15) is 5.26 Å². The lowest BCUT2D eigenvalue weighted by Crippen LogP contribution is -2.30. The van der Waals surface area contributed by atoms with Crippen LogP contribution in [0.1, 0.15) is 12.5 Å². The quantitative estimate of drug-likeness (QED) is 0.727. The summed E-state index contributed by atoms with van der Waals surface area (Å²) in [6, 6.07) is 21.0. The van der Waals surface area contributed by atoms with Gasteiger partial charge in [0, 0.05) is 10.9 Å². The molecule has 1 atom stereocenters. The molecule has 1 unspecified atom stereocenters. The SMILES string of the molecule is CC(Oc1ccccc1)C(=O)Nc1scc(-c2ccccc2)c1C#N. The minimum atomic E-state index is -0.670. The van der Waals surface area contributed by atoms with E-state index in [2.05, 4.69) is 11.4 Å². The molecule has 5 heteroatoms. The van der Waals surface area contributed by atoms with Gasteiger partial charge in [0.2, 0.25) is 0 Å². The zero-order chi connectivity index (χ0) is 17.6. The van der Waals surface area contributed by atoms with Crippen molar-refractivity contribution in [2.24, 2.45) is 0 Å². The highest BCUT2D eigenvalue weighted by atomic mass is 32.1. The van der Waals surface area contributed by atoms with E-state index >= 15 is 0 Å². The number of para-hydroxylation sites is 1. The van der Waals surface area contributed by atoms with Gasteiger partial charge in [0.15, 0.2) is 6.10 Å². The minimum Gasteiger partial charge on any atom is -0.481 e. The van der Waals surface area contributed by atoms with Crippen LogP contribution in [0.15, 0.2) is 66.0 Å². The normalized spacial score (nSPS) is 11.4. The lowest BCUT2D eigenvalue weighted by atomic mass is 10.1. The van der Waals surface area contributed by atoms with E-state index in [9.17, 15) is 10.1 Å².